The highest BCUT2D eigenvalue weighted by atomic mass is 32.2. The van der Waals surface area contributed by atoms with Crippen LogP contribution in [0.2, 0.25) is 0 Å². The maximum Gasteiger partial charge on any atom is 0.319 e. The Labute approximate surface area is 180 Å². The lowest BCUT2D eigenvalue weighted by Crippen LogP contribution is -2.31. The van der Waals surface area contributed by atoms with E-state index in [1.54, 1.807) is 16.7 Å². The molecule has 6 heteroatoms. The van der Waals surface area contributed by atoms with E-state index in [0.29, 0.717) is 24.3 Å². The zero-order chi connectivity index (χ0) is 21.1. The van der Waals surface area contributed by atoms with Crippen LogP contribution in [-0.4, -0.2) is 18.5 Å². The fraction of sp³-hybridized carbons (Fsp3) is 0.167. The Morgan fingerprint density at radius 1 is 1.00 bits per heavy atom. The van der Waals surface area contributed by atoms with Crippen LogP contribution in [0.1, 0.15) is 28.4 Å². The second-order valence-corrected chi connectivity index (χ2v) is 8.21. The number of anilines is 2. The minimum absolute atomic E-state index is 0.0275. The summed E-state index contributed by atoms with van der Waals surface area (Å²) in [5.41, 5.74) is 4.37. The number of nitrogens with one attached hydrogen (secondary N) is 2. The Bertz CT molecular complexity index is 1100. The SMILES string of the molecule is CCN1C(=O)c2ccccc2Sc2ccc(NC(=O)NCc3ccc(C)cc3)cc21. The molecule has 0 aromatic heterocycles. The third kappa shape index (κ3) is 4.19. The van der Waals surface area contributed by atoms with Gasteiger partial charge in [0, 0.05) is 28.6 Å². The summed E-state index contributed by atoms with van der Waals surface area (Å²) in [6.07, 6.45) is 0. The number of hydrogen-bond donors (Lipinski definition) is 2. The van der Waals surface area contributed by atoms with Crippen LogP contribution in [0.5, 0.6) is 0 Å². The second kappa shape index (κ2) is 8.63. The van der Waals surface area contributed by atoms with E-state index in [-0.39, 0.29) is 11.9 Å². The first-order valence-electron chi connectivity index (χ1n) is 9.88. The highest BCUT2D eigenvalue weighted by Crippen LogP contribution is 2.42. The molecule has 5 nitrogen and oxygen atoms in total. The van der Waals surface area contributed by atoms with Crippen molar-refractivity contribution in [3.63, 3.8) is 0 Å². The van der Waals surface area contributed by atoms with E-state index < -0.39 is 0 Å². The zero-order valence-electron chi connectivity index (χ0n) is 16.9. The van der Waals surface area contributed by atoms with Crippen LogP contribution >= 0.6 is 11.8 Å². The van der Waals surface area contributed by atoms with E-state index in [0.717, 1.165) is 21.0 Å². The van der Waals surface area contributed by atoms with Crippen LogP contribution < -0.4 is 15.5 Å². The predicted octanol–water partition coefficient (Wildman–Crippen LogP) is 5.45. The number of fused-ring (bicyclic) bond motifs is 2. The van der Waals surface area contributed by atoms with Crippen molar-refractivity contribution in [1.29, 1.82) is 0 Å². The van der Waals surface area contributed by atoms with Crippen LogP contribution in [0, 0.1) is 6.92 Å². The number of carbonyl (C=O) groups is 2. The number of aryl methyl sites for hydroxylation is 1. The maximum absolute atomic E-state index is 13.1. The van der Waals surface area contributed by atoms with Gasteiger partial charge in [-0.05, 0) is 49.7 Å². The van der Waals surface area contributed by atoms with Crippen molar-refractivity contribution in [1.82, 2.24) is 5.32 Å². The van der Waals surface area contributed by atoms with Gasteiger partial charge >= 0.3 is 6.03 Å². The van der Waals surface area contributed by atoms with Gasteiger partial charge in [-0.15, -0.1) is 0 Å². The average molecular weight is 418 g/mol. The summed E-state index contributed by atoms with van der Waals surface area (Å²) in [6.45, 7) is 4.98. The monoisotopic (exact) mass is 417 g/mol. The molecule has 0 saturated heterocycles. The average Bonchev–Trinajstić information content (AvgIpc) is 2.87. The Kier molecular flexibility index (Phi) is 5.77. The molecule has 1 heterocycles. The van der Waals surface area contributed by atoms with Gasteiger partial charge in [-0.2, -0.15) is 0 Å². The Hall–Kier alpha value is -3.25. The topological polar surface area (TPSA) is 61.4 Å². The van der Waals surface area contributed by atoms with Gasteiger partial charge in [0.2, 0.25) is 0 Å². The Morgan fingerprint density at radius 2 is 1.77 bits per heavy atom. The van der Waals surface area contributed by atoms with Gasteiger partial charge in [0.25, 0.3) is 5.91 Å². The number of carbonyl (C=O) groups excluding carboxylic acids is 2. The standard InChI is InChI=1S/C24H23N3O2S/c1-3-27-20-14-18(26-24(29)25-15-17-10-8-16(2)9-11-17)12-13-22(20)30-21-7-5-4-6-19(21)23(27)28/h4-14H,3,15H2,1-2H3,(H2,25,26,29). The molecule has 1 aliphatic rings. The van der Waals surface area contributed by atoms with E-state index in [2.05, 4.69) is 10.6 Å². The van der Waals surface area contributed by atoms with Crippen molar-refractivity contribution in [2.75, 3.05) is 16.8 Å². The van der Waals surface area contributed by atoms with Crippen molar-refractivity contribution in [2.45, 2.75) is 30.2 Å². The first-order valence-corrected chi connectivity index (χ1v) is 10.7. The largest absolute Gasteiger partial charge is 0.334 e. The molecule has 0 fully saturated rings. The van der Waals surface area contributed by atoms with Crippen molar-refractivity contribution < 1.29 is 9.59 Å². The van der Waals surface area contributed by atoms with Gasteiger partial charge in [0.15, 0.2) is 0 Å². The molecule has 0 saturated carbocycles. The first-order chi connectivity index (χ1) is 14.5. The smallest absolute Gasteiger partial charge is 0.319 e. The number of hydrogen-bond acceptors (Lipinski definition) is 3. The Balaban J connectivity index is 1.52. The summed E-state index contributed by atoms with van der Waals surface area (Å²) < 4.78 is 0. The molecule has 1 aliphatic heterocycles. The highest BCUT2D eigenvalue weighted by Gasteiger charge is 2.26. The minimum atomic E-state index is -0.283. The summed E-state index contributed by atoms with van der Waals surface area (Å²) in [4.78, 5) is 29.1. The molecule has 3 aromatic carbocycles. The van der Waals surface area contributed by atoms with Gasteiger partial charge in [0.1, 0.15) is 0 Å². The fourth-order valence-corrected chi connectivity index (χ4v) is 4.43. The van der Waals surface area contributed by atoms with E-state index in [1.165, 1.54) is 5.56 Å². The number of urea groups is 1. The van der Waals surface area contributed by atoms with Crippen molar-refractivity contribution in [3.05, 3.63) is 83.4 Å². The molecular weight excluding hydrogens is 394 g/mol. The third-order valence-electron chi connectivity index (χ3n) is 4.98. The summed E-state index contributed by atoms with van der Waals surface area (Å²) in [5, 5.41) is 5.75. The lowest BCUT2D eigenvalue weighted by molar-refractivity contribution is 0.0985. The van der Waals surface area contributed by atoms with E-state index in [9.17, 15) is 9.59 Å². The van der Waals surface area contributed by atoms with Crippen LogP contribution in [0.25, 0.3) is 0 Å². The van der Waals surface area contributed by atoms with Crippen LogP contribution in [-0.2, 0) is 6.54 Å². The van der Waals surface area contributed by atoms with Gasteiger partial charge in [-0.25, -0.2) is 4.79 Å². The molecule has 0 aliphatic carbocycles. The molecule has 152 valence electrons. The number of benzene rings is 3. The fourth-order valence-electron chi connectivity index (χ4n) is 3.38. The Morgan fingerprint density at radius 3 is 2.53 bits per heavy atom. The van der Waals surface area contributed by atoms with Crippen molar-refractivity contribution >= 4 is 35.1 Å². The molecule has 2 N–H and O–H groups in total. The molecular formula is C24H23N3O2S. The maximum atomic E-state index is 13.1. The molecule has 0 atom stereocenters. The minimum Gasteiger partial charge on any atom is -0.334 e. The van der Waals surface area contributed by atoms with E-state index in [4.69, 9.17) is 0 Å². The molecule has 0 unspecified atom stereocenters. The molecule has 3 aromatic rings. The lowest BCUT2D eigenvalue weighted by Gasteiger charge is -2.22. The lowest BCUT2D eigenvalue weighted by atomic mass is 10.1. The second-order valence-electron chi connectivity index (χ2n) is 7.12. The molecule has 4 rings (SSSR count). The summed E-state index contributed by atoms with van der Waals surface area (Å²) >= 11 is 1.57. The summed E-state index contributed by atoms with van der Waals surface area (Å²) in [7, 11) is 0. The predicted molar refractivity (Wildman–Crippen MR) is 121 cm³/mol. The molecule has 0 bridgehead atoms. The number of amides is 3. The molecule has 0 radical (unpaired) electrons. The number of nitrogens with zero attached hydrogens (tertiary/aromatic N) is 1. The third-order valence-corrected chi connectivity index (χ3v) is 6.12. The summed E-state index contributed by atoms with van der Waals surface area (Å²) in [6, 6.07) is 21.1. The van der Waals surface area contributed by atoms with Crippen LogP contribution in [0.4, 0.5) is 16.2 Å². The van der Waals surface area contributed by atoms with Crippen LogP contribution in [0.3, 0.4) is 0 Å². The molecule has 0 spiro atoms. The normalized spacial score (nSPS) is 12.6. The zero-order valence-corrected chi connectivity index (χ0v) is 17.8. The highest BCUT2D eigenvalue weighted by molar-refractivity contribution is 7.99. The molecule has 30 heavy (non-hydrogen) atoms. The van der Waals surface area contributed by atoms with E-state index >= 15 is 0 Å². The van der Waals surface area contributed by atoms with Crippen molar-refractivity contribution in [3.8, 4) is 0 Å². The van der Waals surface area contributed by atoms with E-state index in [1.807, 2.05) is 80.6 Å². The quantitative estimate of drug-likeness (QED) is 0.594. The summed E-state index contributed by atoms with van der Waals surface area (Å²) in [5.74, 6) is -0.0275. The van der Waals surface area contributed by atoms with Gasteiger partial charge in [0.05, 0.1) is 11.3 Å². The number of rotatable bonds is 4. The van der Waals surface area contributed by atoms with Gasteiger partial charge in [-0.1, -0.05) is 53.7 Å². The first kappa shape index (κ1) is 20.0. The molecule has 3 amide bonds. The van der Waals surface area contributed by atoms with Crippen LogP contribution in [0.15, 0.2) is 76.5 Å². The van der Waals surface area contributed by atoms with Gasteiger partial charge < -0.3 is 15.5 Å². The van der Waals surface area contributed by atoms with Gasteiger partial charge in [-0.3, -0.25) is 4.79 Å². The van der Waals surface area contributed by atoms with Crippen molar-refractivity contribution in [2.24, 2.45) is 0 Å².